The van der Waals surface area contributed by atoms with Crippen LogP contribution in [-0.4, -0.2) is 45.0 Å². The molecule has 1 atom stereocenters. The van der Waals surface area contributed by atoms with Crippen LogP contribution in [0.4, 0.5) is 0 Å². The van der Waals surface area contributed by atoms with Crippen LogP contribution in [0.1, 0.15) is 57.1 Å². The van der Waals surface area contributed by atoms with E-state index in [0.717, 1.165) is 37.3 Å². The molecule has 1 aliphatic heterocycles. The molecule has 1 saturated heterocycles. The zero-order valence-electron chi connectivity index (χ0n) is 14.3. The van der Waals surface area contributed by atoms with Crippen LogP contribution in [0.5, 0.6) is 0 Å². The molecule has 2 aliphatic rings. The van der Waals surface area contributed by atoms with Crippen molar-refractivity contribution in [3.8, 4) is 0 Å². The molecule has 5 nitrogen and oxygen atoms in total. The average Bonchev–Trinajstić information content (AvgIpc) is 3.13. The van der Waals surface area contributed by atoms with Crippen LogP contribution in [0.25, 0.3) is 0 Å². The van der Waals surface area contributed by atoms with Crippen molar-refractivity contribution in [1.29, 1.82) is 0 Å². The van der Waals surface area contributed by atoms with Gasteiger partial charge >= 0.3 is 0 Å². The monoisotopic (exact) mass is 306 g/mol. The van der Waals surface area contributed by atoms with Crippen LogP contribution in [0.15, 0.2) is 0 Å². The lowest BCUT2D eigenvalue weighted by molar-refractivity contribution is 0.0393. The molecule has 1 aromatic heterocycles. The van der Waals surface area contributed by atoms with Crippen LogP contribution < -0.4 is 0 Å². The first-order valence-electron chi connectivity index (χ1n) is 8.84. The molecular formula is C17H30N4O. The van der Waals surface area contributed by atoms with E-state index in [1.54, 1.807) is 0 Å². The first kappa shape index (κ1) is 15.9. The van der Waals surface area contributed by atoms with E-state index in [4.69, 9.17) is 4.74 Å². The fourth-order valence-electron chi connectivity index (χ4n) is 3.77. The van der Waals surface area contributed by atoms with E-state index in [1.165, 1.54) is 38.5 Å². The van der Waals surface area contributed by atoms with E-state index >= 15 is 0 Å². The molecule has 5 heteroatoms. The lowest BCUT2D eigenvalue weighted by Gasteiger charge is -2.37. The van der Waals surface area contributed by atoms with Gasteiger partial charge in [0.2, 0.25) is 0 Å². The number of nitrogens with zero attached hydrogens (tertiary/aromatic N) is 4. The zero-order chi connectivity index (χ0) is 15.5. The maximum atomic E-state index is 5.88. The Balaban J connectivity index is 1.68. The minimum absolute atomic E-state index is 0.411. The standard InChI is InChI=1S/C17H30N4O/c1-13-6-8-15(9-7-13)21(11-16-5-4-10-22-16)12-17-19-18-14(2)20(17)3/h13,15-16H,4-12H2,1-3H3. The second-order valence-corrected chi connectivity index (χ2v) is 7.20. The van der Waals surface area contributed by atoms with E-state index in [1.807, 2.05) is 6.92 Å². The highest BCUT2D eigenvalue weighted by Crippen LogP contribution is 2.29. The molecule has 0 bridgehead atoms. The summed E-state index contributed by atoms with van der Waals surface area (Å²) in [4.78, 5) is 2.62. The van der Waals surface area contributed by atoms with E-state index in [9.17, 15) is 0 Å². The molecule has 1 aromatic rings. The smallest absolute Gasteiger partial charge is 0.146 e. The predicted octanol–water partition coefficient (Wildman–Crippen LogP) is 2.68. The maximum Gasteiger partial charge on any atom is 0.146 e. The van der Waals surface area contributed by atoms with E-state index in [-0.39, 0.29) is 0 Å². The van der Waals surface area contributed by atoms with Gasteiger partial charge in [0.15, 0.2) is 0 Å². The molecule has 2 heterocycles. The van der Waals surface area contributed by atoms with Gasteiger partial charge in [-0.3, -0.25) is 4.90 Å². The maximum absolute atomic E-state index is 5.88. The summed E-state index contributed by atoms with van der Waals surface area (Å²) in [5, 5.41) is 8.58. The topological polar surface area (TPSA) is 43.2 Å². The molecule has 3 rings (SSSR count). The molecule has 1 saturated carbocycles. The first-order valence-corrected chi connectivity index (χ1v) is 8.84. The minimum atomic E-state index is 0.411. The molecule has 0 amide bonds. The Labute approximate surface area is 134 Å². The van der Waals surface area contributed by atoms with Gasteiger partial charge in [0.05, 0.1) is 12.6 Å². The molecule has 0 radical (unpaired) electrons. The van der Waals surface area contributed by atoms with Crippen LogP contribution in [-0.2, 0) is 18.3 Å². The first-order chi connectivity index (χ1) is 10.6. The quantitative estimate of drug-likeness (QED) is 0.839. The molecule has 0 aromatic carbocycles. The Hall–Kier alpha value is -0.940. The predicted molar refractivity (Wildman–Crippen MR) is 86.5 cm³/mol. The Morgan fingerprint density at radius 3 is 2.55 bits per heavy atom. The summed E-state index contributed by atoms with van der Waals surface area (Å²) in [6, 6.07) is 0.678. The van der Waals surface area contributed by atoms with Gasteiger partial charge in [-0.1, -0.05) is 6.92 Å². The van der Waals surface area contributed by atoms with Crippen LogP contribution in [0, 0.1) is 12.8 Å². The number of aromatic nitrogens is 3. The molecule has 124 valence electrons. The summed E-state index contributed by atoms with van der Waals surface area (Å²) in [5.74, 6) is 2.95. The summed E-state index contributed by atoms with van der Waals surface area (Å²) in [5.41, 5.74) is 0. The van der Waals surface area contributed by atoms with Crippen molar-refractivity contribution in [2.24, 2.45) is 13.0 Å². The van der Waals surface area contributed by atoms with Crippen molar-refractivity contribution >= 4 is 0 Å². The van der Waals surface area contributed by atoms with Gasteiger partial charge in [-0.25, -0.2) is 0 Å². The van der Waals surface area contributed by atoms with Gasteiger partial charge in [0.1, 0.15) is 11.6 Å². The number of aryl methyl sites for hydroxylation is 1. The molecule has 22 heavy (non-hydrogen) atoms. The molecular weight excluding hydrogens is 276 g/mol. The summed E-state index contributed by atoms with van der Waals surface area (Å²) >= 11 is 0. The van der Waals surface area contributed by atoms with Crippen LogP contribution in [0.2, 0.25) is 0 Å². The Morgan fingerprint density at radius 2 is 1.95 bits per heavy atom. The van der Waals surface area contributed by atoms with Crippen LogP contribution in [0.3, 0.4) is 0 Å². The van der Waals surface area contributed by atoms with E-state index in [2.05, 4.69) is 33.6 Å². The number of hydrogen-bond donors (Lipinski definition) is 0. The highest BCUT2D eigenvalue weighted by molar-refractivity contribution is 4.94. The zero-order valence-corrected chi connectivity index (χ0v) is 14.3. The SMILES string of the molecule is Cc1nnc(CN(CC2CCCO2)C2CCC(C)CC2)n1C. The molecule has 0 spiro atoms. The molecule has 2 fully saturated rings. The third kappa shape index (κ3) is 3.69. The number of hydrogen-bond acceptors (Lipinski definition) is 4. The third-order valence-corrected chi connectivity index (χ3v) is 5.49. The van der Waals surface area contributed by atoms with Gasteiger partial charge < -0.3 is 9.30 Å². The summed E-state index contributed by atoms with van der Waals surface area (Å²) in [7, 11) is 2.07. The highest BCUT2D eigenvalue weighted by atomic mass is 16.5. The lowest BCUT2D eigenvalue weighted by atomic mass is 9.86. The highest BCUT2D eigenvalue weighted by Gasteiger charge is 2.28. The van der Waals surface area contributed by atoms with Crippen molar-refractivity contribution in [2.75, 3.05) is 13.2 Å². The second-order valence-electron chi connectivity index (χ2n) is 7.20. The molecule has 1 aliphatic carbocycles. The Bertz CT molecular complexity index is 473. The Morgan fingerprint density at radius 1 is 1.18 bits per heavy atom. The largest absolute Gasteiger partial charge is 0.377 e. The minimum Gasteiger partial charge on any atom is -0.377 e. The van der Waals surface area contributed by atoms with Gasteiger partial charge in [-0.15, -0.1) is 10.2 Å². The molecule has 0 N–H and O–H groups in total. The molecule has 1 unspecified atom stereocenters. The number of ether oxygens (including phenoxy) is 1. The fraction of sp³-hybridized carbons (Fsp3) is 0.882. The second kappa shape index (κ2) is 7.09. The van der Waals surface area contributed by atoms with Crippen molar-refractivity contribution in [1.82, 2.24) is 19.7 Å². The van der Waals surface area contributed by atoms with Crippen molar-refractivity contribution in [3.63, 3.8) is 0 Å². The Kier molecular flexibility index (Phi) is 5.14. The van der Waals surface area contributed by atoms with E-state index < -0.39 is 0 Å². The number of rotatable bonds is 5. The summed E-state index contributed by atoms with van der Waals surface area (Å²) in [6.07, 6.45) is 8.15. The van der Waals surface area contributed by atoms with E-state index in [0.29, 0.717) is 12.1 Å². The lowest BCUT2D eigenvalue weighted by Crippen LogP contribution is -2.42. The summed E-state index contributed by atoms with van der Waals surface area (Å²) in [6.45, 7) is 7.28. The normalized spacial score (nSPS) is 29.4. The average molecular weight is 306 g/mol. The van der Waals surface area contributed by atoms with Crippen LogP contribution >= 0.6 is 0 Å². The van der Waals surface area contributed by atoms with Gasteiger partial charge in [-0.2, -0.15) is 0 Å². The van der Waals surface area contributed by atoms with Gasteiger partial charge in [0, 0.05) is 26.2 Å². The summed E-state index contributed by atoms with van der Waals surface area (Å²) < 4.78 is 8.00. The van der Waals surface area contributed by atoms with Crippen molar-refractivity contribution in [3.05, 3.63) is 11.6 Å². The third-order valence-electron chi connectivity index (χ3n) is 5.49. The fourth-order valence-corrected chi connectivity index (χ4v) is 3.77. The van der Waals surface area contributed by atoms with Gasteiger partial charge in [0.25, 0.3) is 0 Å². The van der Waals surface area contributed by atoms with Gasteiger partial charge in [-0.05, 0) is 51.4 Å². The van der Waals surface area contributed by atoms with Crippen molar-refractivity contribution < 1.29 is 4.74 Å². The van der Waals surface area contributed by atoms with Crippen molar-refractivity contribution in [2.45, 2.75) is 71.1 Å².